The summed E-state index contributed by atoms with van der Waals surface area (Å²) in [5.41, 5.74) is 4.51. The van der Waals surface area contributed by atoms with Gasteiger partial charge in [-0.15, -0.1) is 11.8 Å². The molecule has 0 spiro atoms. The van der Waals surface area contributed by atoms with E-state index in [0.717, 1.165) is 18.7 Å². The Balaban J connectivity index is 2.36. The Bertz CT molecular complexity index is 412. The lowest BCUT2D eigenvalue weighted by molar-refractivity contribution is 0.439. The molecule has 1 aliphatic rings. The number of thioether (sulfide) groups is 1. The Labute approximate surface area is 116 Å². The number of fused-ring (bicyclic) bond motifs is 1. The SMILES string of the molecule is CCCNC1c2cc(CC)ccc2CSC1(C)C. The highest BCUT2D eigenvalue weighted by Crippen LogP contribution is 2.45. The van der Waals surface area contributed by atoms with E-state index in [0.29, 0.717) is 6.04 Å². The first kappa shape index (κ1) is 14.0. The molecule has 1 aromatic carbocycles. The summed E-state index contributed by atoms with van der Waals surface area (Å²) in [6.07, 6.45) is 2.32. The molecule has 1 atom stereocenters. The smallest absolute Gasteiger partial charge is 0.0467 e. The zero-order chi connectivity index (χ0) is 13.2. The van der Waals surface area contributed by atoms with Crippen molar-refractivity contribution in [2.45, 2.75) is 57.1 Å². The molecule has 1 aliphatic heterocycles. The number of hydrogen-bond donors (Lipinski definition) is 1. The van der Waals surface area contributed by atoms with E-state index in [9.17, 15) is 0 Å². The van der Waals surface area contributed by atoms with Crippen LogP contribution in [0.5, 0.6) is 0 Å². The lowest BCUT2D eigenvalue weighted by Gasteiger charge is -2.40. The first-order valence-electron chi connectivity index (χ1n) is 7.07. The minimum absolute atomic E-state index is 0.286. The lowest BCUT2D eigenvalue weighted by Crippen LogP contribution is -2.40. The van der Waals surface area contributed by atoms with E-state index in [4.69, 9.17) is 0 Å². The maximum absolute atomic E-state index is 3.75. The third-order valence-electron chi connectivity index (χ3n) is 3.82. The van der Waals surface area contributed by atoms with Gasteiger partial charge < -0.3 is 5.32 Å². The summed E-state index contributed by atoms with van der Waals surface area (Å²) in [4.78, 5) is 0. The Kier molecular flexibility index (Phi) is 4.39. The Morgan fingerprint density at radius 2 is 2.11 bits per heavy atom. The van der Waals surface area contributed by atoms with Gasteiger partial charge in [0, 0.05) is 16.5 Å². The van der Waals surface area contributed by atoms with Gasteiger partial charge in [-0.1, -0.05) is 32.0 Å². The molecular weight excluding hydrogens is 238 g/mol. The van der Waals surface area contributed by atoms with Crippen molar-refractivity contribution in [3.8, 4) is 0 Å². The number of benzene rings is 1. The van der Waals surface area contributed by atoms with Gasteiger partial charge in [-0.25, -0.2) is 0 Å². The average molecular weight is 263 g/mol. The zero-order valence-electron chi connectivity index (χ0n) is 12.0. The number of hydrogen-bond acceptors (Lipinski definition) is 2. The highest BCUT2D eigenvalue weighted by molar-refractivity contribution is 8.00. The quantitative estimate of drug-likeness (QED) is 0.868. The molecule has 100 valence electrons. The van der Waals surface area contributed by atoms with E-state index >= 15 is 0 Å². The molecule has 1 N–H and O–H groups in total. The molecule has 1 unspecified atom stereocenters. The second-order valence-electron chi connectivity index (χ2n) is 5.67. The molecule has 0 bridgehead atoms. The Hall–Kier alpha value is -0.470. The van der Waals surface area contributed by atoms with Crippen LogP contribution in [0.25, 0.3) is 0 Å². The van der Waals surface area contributed by atoms with E-state index in [1.807, 2.05) is 0 Å². The molecule has 0 aliphatic carbocycles. The zero-order valence-corrected chi connectivity index (χ0v) is 12.9. The molecule has 0 amide bonds. The predicted octanol–water partition coefficient (Wildman–Crippen LogP) is 4.32. The van der Waals surface area contributed by atoms with Gasteiger partial charge in [-0.05, 0) is 49.9 Å². The third-order valence-corrected chi connectivity index (χ3v) is 5.26. The van der Waals surface area contributed by atoms with Gasteiger partial charge in [-0.2, -0.15) is 0 Å². The summed E-state index contributed by atoms with van der Waals surface area (Å²) in [5, 5.41) is 3.75. The normalized spacial score (nSPS) is 21.7. The van der Waals surface area contributed by atoms with Gasteiger partial charge in [0.2, 0.25) is 0 Å². The monoisotopic (exact) mass is 263 g/mol. The first-order chi connectivity index (χ1) is 8.58. The summed E-state index contributed by atoms with van der Waals surface area (Å²) in [5.74, 6) is 1.15. The minimum atomic E-state index is 0.286. The van der Waals surface area contributed by atoms with Gasteiger partial charge in [-0.3, -0.25) is 0 Å². The number of nitrogens with one attached hydrogen (secondary N) is 1. The molecule has 1 nitrogen and oxygen atoms in total. The molecule has 1 aromatic rings. The van der Waals surface area contributed by atoms with Crippen LogP contribution in [0.1, 0.15) is 56.8 Å². The molecular formula is C16H25NS. The summed E-state index contributed by atoms with van der Waals surface area (Å²) >= 11 is 2.07. The molecule has 0 radical (unpaired) electrons. The van der Waals surface area contributed by atoms with Crippen molar-refractivity contribution >= 4 is 11.8 Å². The highest BCUT2D eigenvalue weighted by atomic mass is 32.2. The standard InChI is InChI=1S/C16H25NS/c1-5-9-17-15-14-10-12(6-2)7-8-13(14)11-18-16(15,3)4/h7-8,10,15,17H,5-6,9,11H2,1-4H3. The van der Waals surface area contributed by atoms with Crippen molar-refractivity contribution in [3.05, 3.63) is 34.9 Å². The maximum atomic E-state index is 3.75. The maximum Gasteiger partial charge on any atom is 0.0467 e. The summed E-state index contributed by atoms with van der Waals surface area (Å²) in [6, 6.07) is 7.52. The van der Waals surface area contributed by atoms with Crippen LogP contribution in [0.3, 0.4) is 0 Å². The van der Waals surface area contributed by atoms with Crippen molar-refractivity contribution in [1.82, 2.24) is 5.32 Å². The molecule has 2 heteroatoms. The third kappa shape index (κ3) is 2.75. The Morgan fingerprint density at radius 3 is 2.78 bits per heavy atom. The van der Waals surface area contributed by atoms with Crippen molar-refractivity contribution < 1.29 is 0 Å². The fraction of sp³-hybridized carbons (Fsp3) is 0.625. The van der Waals surface area contributed by atoms with E-state index in [2.05, 4.69) is 63.0 Å². The summed E-state index contributed by atoms with van der Waals surface area (Å²) in [7, 11) is 0. The highest BCUT2D eigenvalue weighted by Gasteiger charge is 2.36. The molecule has 0 aromatic heterocycles. The van der Waals surface area contributed by atoms with E-state index in [1.54, 1.807) is 0 Å². The molecule has 2 rings (SSSR count). The van der Waals surface area contributed by atoms with E-state index < -0.39 is 0 Å². The predicted molar refractivity (Wildman–Crippen MR) is 82.2 cm³/mol. The molecule has 1 heterocycles. The summed E-state index contributed by atoms with van der Waals surface area (Å²) in [6.45, 7) is 10.3. The van der Waals surface area contributed by atoms with E-state index in [-0.39, 0.29) is 4.75 Å². The van der Waals surface area contributed by atoms with Crippen LogP contribution in [0, 0.1) is 0 Å². The van der Waals surface area contributed by atoms with Crippen LogP contribution in [0.4, 0.5) is 0 Å². The molecule has 0 fully saturated rings. The van der Waals surface area contributed by atoms with Crippen LogP contribution in [0.15, 0.2) is 18.2 Å². The first-order valence-corrected chi connectivity index (χ1v) is 8.06. The van der Waals surface area contributed by atoms with E-state index in [1.165, 1.54) is 23.1 Å². The number of aryl methyl sites for hydroxylation is 1. The second kappa shape index (κ2) is 5.66. The van der Waals surface area contributed by atoms with Crippen LogP contribution >= 0.6 is 11.8 Å². The van der Waals surface area contributed by atoms with Gasteiger partial charge in [0.1, 0.15) is 0 Å². The van der Waals surface area contributed by atoms with Crippen LogP contribution in [-0.2, 0) is 12.2 Å². The van der Waals surface area contributed by atoms with Crippen LogP contribution in [-0.4, -0.2) is 11.3 Å². The summed E-state index contributed by atoms with van der Waals surface area (Å²) < 4.78 is 0.286. The fourth-order valence-corrected chi connectivity index (χ4v) is 3.80. The topological polar surface area (TPSA) is 12.0 Å². The van der Waals surface area contributed by atoms with Crippen molar-refractivity contribution in [3.63, 3.8) is 0 Å². The lowest BCUT2D eigenvalue weighted by atomic mass is 9.89. The van der Waals surface area contributed by atoms with Gasteiger partial charge in [0.15, 0.2) is 0 Å². The second-order valence-corrected chi connectivity index (χ2v) is 7.30. The fourth-order valence-electron chi connectivity index (χ4n) is 2.63. The minimum Gasteiger partial charge on any atom is -0.309 e. The van der Waals surface area contributed by atoms with Crippen LogP contribution < -0.4 is 5.32 Å². The largest absolute Gasteiger partial charge is 0.309 e. The molecule has 0 saturated carbocycles. The van der Waals surface area contributed by atoms with Gasteiger partial charge in [0.05, 0.1) is 0 Å². The molecule has 0 saturated heterocycles. The average Bonchev–Trinajstić information content (AvgIpc) is 2.36. The number of rotatable bonds is 4. The van der Waals surface area contributed by atoms with Gasteiger partial charge >= 0.3 is 0 Å². The van der Waals surface area contributed by atoms with Crippen molar-refractivity contribution in [1.29, 1.82) is 0 Å². The van der Waals surface area contributed by atoms with Gasteiger partial charge in [0.25, 0.3) is 0 Å². The molecule has 18 heavy (non-hydrogen) atoms. The Morgan fingerprint density at radius 1 is 1.33 bits per heavy atom. The van der Waals surface area contributed by atoms with Crippen molar-refractivity contribution in [2.24, 2.45) is 0 Å². The van der Waals surface area contributed by atoms with Crippen molar-refractivity contribution in [2.75, 3.05) is 6.54 Å². The van der Waals surface area contributed by atoms with Crippen LogP contribution in [0.2, 0.25) is 0 Å².